The van der Waals surface area contributed by atoms with Crippen LogP contribution in [0.1, 0.15) is 168 Å². The number of aromatic nitrogens is 14. The van der Waals surface area contributed by atoms with Gasteiger partial charge in [0.15, 0.2) is 111 Å². The fourth-order valence-electron chi connectivity index (χ4n) is 17.1. The number of hydrogen-bond donors (Lipinski definition) is 4. The number of nitrogens with one attached hydrogen (secondary N) is 2. The molecule has 65 heteroatoms. The average Bonchev–Trinajstić information content (AvgIpc) is 1.57. The number of aromatic amines is 1. The Labute approximate surface area is 839 Å². The van der Waals surface area contributed by atoms with Gasteiger partial charge in [0.25, 0.3) is 29.0 Å². The van der Waals surface area contributed by atoms with E-state index >= 15 is 26.3 Å². The van der Waals surface area contributed by atoms with E-state index in [0.717, 1.165) is 43.7 Å². The Balaban J connectivity index is 0.000000154. The Morgan fingerprint density at radius 3 is 1.24 bits per heavy atom. The summed E-state index contributed by atoms with van der Waals surface area (Å²) in [5, 5.41) is 24.5. The Kier molecular flexibility index (Phi) is 34.2. The van der Waals surface area contributed by atoms with Gasteiger partial charge in [-0.3, -0.25) is 96.2 Å². The number of phosphoric ester groups is 5. The molecule has 4 N–H and O–H groups in total. The van der Waals surface area contributed by atoms with Crippen molar-refractivity contribution in [2.45, 2.75) is 283 Å². The molecule has 10 saturated heterocycles. The Bertz CT molecular complexity index is 6470. The maximum absolute atomic E-state index is 16.0. The molecule has 0 aromatic carbocycles. The SMILES string of the molecule is C.C=C1NC(=O)C=CN1[C@@H]1O[C@]2(CF)COP(=O)(OCOC(=O)OC(C)C)O[C@H]2[C@@]1(C)O.CC(C)OP1(=O)OC[C@@]2(CF)O[C@@H](n3ccc(=O)[nH]c3=O)[C@](C)(O)[C@@H]2O1.CCOc1nc(C)nc2c1ncn2[C@@H]1O[C@]2(F)COP(=O)(OC(C)C)OC2[C@@]1(C)F.CCOc1nc(C)nc2c1ncn2[C@@H]1O[C@]2(F)COP(=O)(OCC(C)C)OC2[C@@]1(C)F.CCOc1nc(C)nc2c1ncn2[C@@H]1O[C@]2(F)COP(=O)(OCC)OC2[C@@]1(C)F. The maximum atomic E-state index is 16.0. The number of ether oxygens (including phenoxy) is 10. The molecule has 826 valence electrons. The third-order valence-corrected chi connectivity index (χ3v) is 30.7. The molecule has 25 atom stereocenters. The summed E-state index contributed by atoms with van der Waals surface area (Å²) in [5.41, 5.74) is -15.0. The highest BCUT2D eigenvalue weighted by Crippen LogP contribution is 2.69. The van der Waals surface area contributed by atoms with Crippen molar-refractivity contribution >= 4 is 84.7 Å². The number of amides is 1. The molecule has 7 aromatic heterocycles. The molecule has 0 saturated carbocycles. The van der Waals surface area contributed by atoms with E-state index < -0.39 is 253 Å². The van der Waals surface area contributed by atoms with Crippen LogP contribution in [0.15, 0.2) is 65.5 Å². The third kappa shape index (κ3) is 23.0. The first-order chi connectivity index (χ1) is 68.6. The second-order valence-corrected chi connectivity index (χ2v) is 45.0. The van der Waals surface area contributed by atoms with Crippen LogP contribution in [-0.2, 0) is 129 Å². The van der Waals surface area contributed by atoms with E-state index in [1.165, 1.54) is 57.6 Å². The molecule has 11 aliphatic heterocycles. The van der Waals surface area contributed by atoms with Crippen LogP contribution in [-0.4, -0.2) is 294 Å². The number of aliphatic hydroxyl groups is 2. The normalized spacial score (nSPS) is 37.0. The highest BCUT2D eigenvalue weighted by molar-refractivity contribution is 7.49. The summed E-state index contributed by atoms with van der Waals surface area (Å²) in [7, 11) is -20.9. The third-order valence-electron chi connectivity index (χ3n) is 23.3. The zero-order chi connectivity index (χ0) is 108. The fourth-order valence-corrected chi connectivity index (χ4v) is 25.0. The number of H-pyrrole nitrogens is 1. The lowest BCUT2D eigenvalue weighted by molar-refractivity contribution is -0.220. The zero-order valence-corrected chi connectivity index (χ0v) is 87.3. The second-order valence-electron chi connectivity index (χ2n) is 36.9. The van der Waals surface area contributed by atoms with Gasteiger partial charge in [-0.2, -0.15) is 15.0 Å². The van der Waals surface area contributed by atoms with Crippen molar-refractivity contribution in [2.24, 2.45) is 5.92 Å². The number of rotatable bonds is 26. The van der Waals surface area contributed by atoms with Gasteiger partial charge in [-0.1, -0.05) is 27.9 Å². The van der Waals surface area contributed by atoms with Gasteiger partial charge in [0.05, 0.1) is 83.5 Å². The first kappa shape index (κ1) is 117. The van der Waals surface area contributed by atoms with Crippen LogP contribution in [0.4, 0.5) is 39.9 Å². The monoisotopic (exact) mass is 2220 g/mol. The van der Waals surface area contributed by atoms with Crippen molar-refractivity contribution in [3.63, 3.8) is 0 Å². The number of nitrogens with zero attached hydrogens (tertiary/aromatic N) is 14. The van der Waals surface area contributed by atoms with Crippen molar-refractivity contribution in [3.8, 4) is 17.6 Å². The molecule has 0 radical (unpaired) electrons. The zero-order valence-electron chi connectivity index (χ0n) is 82.8. The van der Waals surface area contributed by atoms with Gasteiger partial charge in [0.2, 0.25) is 24.4 Å². The molecular formula is C83H117F8N16O36P5. The molecular weight excluding hydrogens is 2100 g/mol. The lowest BCUT2D eigenvalue weighted by Gasteiger charge is -2.40. The quantitative estimate of drug-likeness (QED) is 0.0169. The van der Waals surface area contributed by atoms with Crippen molar-refractivity contribution in [1.82, 2.24) is 78.3 Å². The first-order valence-electron chi connectivity index (χ1n) is 45.7. The summed E-state index contributed by atoms with van der Waals surface area (Å²) >= 11 is 0. The van der Waals surface area contributed by atoms with E-state index in [9.17, 15) is 61.0 Å². The summed E-state index contributed by atoms with van der Waals surface area (Å²) in [6.07, 6.45) is -11.0. The number of phosphoric acid groups is 5. The summed E-state index contributed by atoms with van der Waals surface area (Å²) in [6.45, 7) is 29.0. The molecule has 18 heterocycles. The van der Waals surface area contributed by atoms with Crippen LogP contribution >= 0.6 is 39.1 Å². The van der Waals surface area contributed by atoms with Gasteiger partial charge >= 0.3 is 51.0 Å². The van der Waals surface area contributed by atoms with E-state index in [2.05, 4.69) is 61.5 Å². The van der Waals surface area contributed by atoms with Gasteiger partial charge in [-0.15, -0.1) is 0 Å². The molecule has 52 nitrogen and oxygen atoms in total. The number of imidazole rings is 3. The van der Waals surface area contributed by atoms with Crippen molar-refractivity contribution in [2.75, 3.05) is 86.2 Å². The highest BCUT2D eigenvalue weighted by atomic mass is 31.2. The van der Waals surface area contributed by atoms with Crippen LogP contribution in [0.5, 0.6) is 17.6 Å². The summed E-state index contributed by atoms with van der Waals surface area (Å²) < 4.78 is 320. The minimum absolute atomic E-state index is 0. The lowest BCUT2D eigenvalue weighted by atomic mass is 9.88. The minimum Gasteiger partial charge on any atom is -0.476 e. The number of aryl methyl sites for hydroxylation is 3. The van der Waals surface area contributed by atoms with Crippen molar-refractivity contribution in [3.05, 3.63) is 94.2 Å². The van der Waals surface area contributed by atoms with Crippen molar-refractivity contribution in [1.29, 1.82) is 0 Å². The van der Waals surface area contributed by atoms with Crippen molar-refractivity contribution < 1.29 is 193 Å². The van der Waals surface area contributed by atoms with E-state index in [1.54, 1.807) is 90.0 Å². The average molecular weight is 2220 g/mol. The fraction of sp³-hybridized carbons (Fsp3) is 0.699. The highest BCUT2D eigenvalue weighted by Gasteiger charge is 2.76. The summed E-state index contributed by atoms with van der Waals surface area (Å²) in [4.78, 5) is 87.4. The molecule has 0 spiro atoms. The standard InChI is InChI=1S/C18H25F2N4O6P.C17H23F2N4O6P.C17H24FN2O10P.C16H21F2N4O6P.C14H20FN2O8P.CH4/c1-6-26-14-12-13(22-11(4)23-14)24(9-21-12)16-17(5,19)15-18(20,29-16)8-28-31(25,30-15)27-7-10(2)3;1-6-25-13-11-12(21-10(4)22-13)23(8-20-11)15-16(5,18)14-17(19,27-15)7-26-30(24,29-14)28-9(2)3;1-10(2)28-15(22)25-9-27-31(24)26-8-17(7-18)13(30-31)16(4,23)14(29-17)20-6-5-12(21)19-11(20)3;1-5-24-12-10-11(20-9(3)21-12)22(8-19-10)14-15(4,17)13-16(18,27-14)7-26-29(23,28-13)25-6-2;1-8(2)24-26(21)22-7-14(6-15)10(25-26)13(3,20)11(23-14)17-5-4-9(18)16-12(17)19;/h9-10,15-16H,6-8H2,1-5H3;8-9,14-15H,6-7H2,1-5H3;5-6,10,13-14,23H,3,7-9H2,1-2,4H3,(H,19,21);8,13-14H,5-7H2,1-4H3;4-5,8,10-11,20H,6-7H2,1-3H3,(H,16,18,19);1H4/t15?,16-,17-,18-,31?;14?,15-,16-,17-,30?;13-,14+,16+,17+,31?;13?,14-,15-,16-,29?;10-,11+,13+,14+,26?;/m11010./s1. The van der Waals surface area contributed by atoms with Gasteiger partial charge in [0.1, 0.15) is 79.9 Å². The predicted molar refractivity (Wildman–Crippen MR) is 490 cm³/mol. The maximum Gasteiger partial charge on any atom is 0.510 e. The van der Waals surface area contributed by atoms with E-state index in [0.29, 0.717) is 37.3 Å². The topological polar surface area (TPSA) is 592 Å². The lowest BCUT2D eigenvalue weighted by Crippen LogP contribution is -2.58. The number of carbonyl (C=O) groups excluding carboxylic acids is 2. The number of halogens is 8. The number of carbonyl (C=O) groups is 2. The Hall–Kier alpha value is -8.54. The van der Waals surface area contributed by atoms with Crippen LogP contribution in [0.25, 0.3) is 33.5 Å². The smallest absolute Gasteiger partial charge is 0.476 e. The van der Waals surface area contributed by atoms with E-state index in [-0.39, 0.29) is 83.5 Å². The van der Waals surface area contributed by atoms with Crippen LogP contribution in [0, 0.1) is 26.7 Å². The molecule has 11 aliphatic rings. The molecule has 1 amide bonds. The molecule has 0 aliphatic carbocycles. The van der Waals surface area contributed by atoms with Gasteiger partial charge in [0, 0.05) is 24.5 Å². The summed E-state index contributed by atoms with van der Waals surface area (Å²) in [6, 6.07) is 1.05. The van der Waals surface area contributed by atoms with Crippen LogP contribution < -0.4 is 30.8 Å². The molecule has 18 rings (SSSR count). The van der Waals surface area contributed by atoms with E-state index in [1.807, 2.05) is 18.8 Å². The number of hydrogen-bond acceptors (Lipinski definition) is 46. The van der Waals surface area contributed by atoms with E-state index in [4.69, 9.17) is 110 Å². The Morgan fingerprint density at radius 2 is 0.858 bits per heavy atom. The molecule has 7 aromatic rings. The number of alkyl halides is 8. The molecule has 10 fully saturated rings. The van der Waals surface area contributed by atoms with Gasteiger partial charge in [-0.25, -0.2) is 102 Å². The van der Waals surface area contributed by atoms with Gasteiger partial charge < -0.3 is 67.8 Å². The largest absolute Gasteiger partial charge is 0.510 e. The van der Waals surface area contributed by atoms with Crippen LogP contribution in [0.3, 0.4) is 0 Å². The Morgan fingerprint density at radius 1 is 0.493 bits per heavy atom. The molecule has 8 unspecified atom stereocenters. The summed E-state index contributed by atoms with van der Waals surface area (Å²) in [5.74, 6) is -6.68. The second kappa shape index (κ2) is 43.4. The predicted octanol–water partition coefficient (Wildman–Crippen LogP) is 12.5. The minimum atomic E-state index is -4.37. The van der Waals surface area contributed by atoms with Gasteiger partial charge in [-0.05, 0) is 131 Å². The number of fused-ring (bicyclic) bond motifs is 8. The molecule has 0 bridgehead atoms. The van der Waals surface area contributed by atoms with Crippen LogP contribution in [0.2, 0.25) is 0 Å². The first-order valence-corrected chi connectivity index (χ1v) is 53.0. The molecule has 148 heavy (non-hydrogen) atoms.